The van der Waals surface area contributed by atoms with Crippen molar-refractivity contribution in [3.63, 3.8) is 0 Å². The highest BCUT2D eigenvalue weighted by molar-refractivity contribution is 7.91. The van der Waals surface area contributed by atoms with E-state index in [1.807, 2.05) is 11.5 Å². The van der Waals surface area contributed by atoms with Crippen LogP contribution in [0.1, 0.15) is 18.4 Å². The van der Waals surface area contributed by atoms with E-state index in [9.17, 15) is 13.2 Å². The molecule has 0 saturated carbocycles. The van der Waals surface area contributed by atoms with Crippen molar-refractivity contribution >= 4 is 37.3 Å². The average molecular weight is 493 g/mol. The molecule has 10 heteroatoms. The Morgan fingerprint density at radius 3 is 2.33 bits per heavy atom. The number of carbonyl (C=O) groups is 1. The van der Waals surface area contributed by atoms with Crippen LogP contribution in [0, 0.1) is 6.92 Å². The van der Waals surface area contributed by atoms with E-state index in [2.05, 4.69) is 4.99 Å². The third kappa shape index (κ3) is 5.82. The minimum absolute atomic E-state index is 0.0257. The summed E-state index contributed by atoms with van der Waals surface area (Å²) in [6.45, 7) is 2.78. The van der Waals surface area contributed by atoms with Crippen LogP contribution in [0.25, 0.3) is 10.2 Å². The Morgan fingerprint density at radius 1 is 1.03 bits per heavy atom. The molecule has 33 heavy (non-hydrogen) atoms. The molecule has 0 unspecified atom stereocenters. The number of nitrogens with zero attached hydrogens (tertiary/aromatic N) is 2. The van der Waals surface area contributed by atoms with E-state index >= 15 is 0 Å². The molecule has 0 aliphatic heterocycles. The zero-order valence-corrected chi connectivity index (χ0v) is 20.8. The quantitative estimate of drug-likeness (QED) is 0.431. The van der Waals surface area contributed by atoms with Gasteiger partial charge in [-0.05, 0) is 37.6 Å². The van der Waals surface area contributed by atoms with E-state index in [0.29, 0.717) is 29.5 Å². The van der Waals surface area contributed by atoms with Gasteiger partial charge in [0.15, 0.2) is 14.6 Å². The molecule has 3 rings (SSSR count). The summed E-state index contributed by atoms with van der Waals surface area (Å²) < 4.78 is 43.9. The summed E-state index contributed by atoms with van der Waals surface area (Å²) in [4.78, 5) is 17.7. The summed E-state index contributed by atoms with van der Waals surface area (Å²) in [5.74, 6) is 0.788. The number of aryl methyl sites for hydroxylation is 1. The van der Waals surface area contributed by atoms with Gasteiger partial charge < -0.3 is 18.8 Å². The fourth-order valence-corrected chi connectivity index (χ4v) is 5.86. The molecule has 0 N–H and O–H groups in total. The summed E-state index contributed by atoms with van der Waals surface area (Å²) in [5, 5.41) is 0. The molecule has 0 radical (unpaired) electrons. The predicted octanol–water partition coefficient (Wildman–Crippen LogP) is 3.36. The van der Waals surface area contributed by atoms with Crippen LogP contribution in [-0.4, -0.2) is 52.6 Å². The summed E-state index contributed by atoms with van der Waals surface area (Å²) in [7, 11) is 1.31. The topological polar surface area (TPSA) is 96.2 Å². The van der Waals surface area contributed by atoms with Crippen molar-refractivity contribution in [1.82, 2.24) is 4.57 Å². The molecule has 1 amide bonds. The van der Waals surface area contributed by atoms with Gasteiger partial charge in [0.05, 0.1) is 31.5 Å². The average Bonchev–Trinajstić information content (AvgIpc) is 3.15. The van der Waals surface area contributed by atoms with E-state index in [-0.39, 0.29) is 29.4 Å². The molecule has 8 nitrogen and oxygen atoms in total. The van der Waals surface area contributed by atoms with Gasteiger partial charge in [0.25, 0.3) is 0 Å². The van der Waals surface area contributed by atoms with E-state index in [0.717, 1.165) is 15.8 Å². The number of methoxy groups -OCH3 is 3. The van der Waals surface area contributed by atoms with Crippen molar-refractivity contribution in [3.05, 3.63) is 46.8 Å². The first-order valence-electron chi connectivity index (χ1n) is 10.4. The molecule has 0 aliphatic carbocycles. The highest BCUT2D eigenvalue weighted by Crippen LogP contribution is 2.35. The van der Waals surface area contributed by atoms with Gasteiger partial charge in [-0.3, -0.25) is 4.79 Å². The number of hydrogen-bond acceptors (Lipinski definition) is 7. The van der Waals surface area contributed by atoms with Crippen LogP contribution in [-0.2, 0) is 25.9 Å². The minimum atomic E-state index is -3.45. The number of aromatic nitrogens is 1. The standard InChI is InChI=1S/C23H28N2O6S2/c1-16-7-9-17(10-8-16)33(27,28)15-5-6-20(26)24-23-25(13-14-29-2)21-18(30-3)11-12-19(31-4)22(21)32-23/h7-12H,5-6,13-15H2,1-4H3. The van der Waals surface area contributed by atoms with Gasteiger partial charge in [-0.2, -0.15) is 4.99 Å². The number of carbonyl (C=O) groups excluding carboxylic acids is 1. The molecule has 0 atom stereocenters. The number of ether oxygens (including phenoxy) is 3. The molecule has 2 aromatic carbocycles. The van der Waals surface area contributed by atoms with E-state index < -0.39 is 9.84 Å². The number of sulfone groups is 1. The molecule has 1 aromatic heterocycles. The number of benzene rings is 2. The lowest BCUT2D eigenvalue weighted by Gasteiger charge is -2.09. The molecule has 3 aromatic rings. The third-order valence-electron chi connectivity index (χ3n) is 5.12. The zero-order valence-electron chi connectivity index (χ0n) is 19.2. The molecule has 0 fully saturated rings. The van der Waals surface area contributed by atoms with Gasteiger partial charge in [0, 0.05) is 20.1 Å². The number of rotatable bonds is 10. The van der Waals surface area contributed by atoms with Crippen LogP contribution in [0.3, 0.4) is 0 Å². The van der Waals surface area contributed by atoms with Crippen molar-refractivity contribution < 1.29 is 27.4 Å². The zero-order chi connectivity index (χ0) is 24.0. The van der Waals surface area contributed by atoms with Gasteiger partial charge in [0.2, 0.25) is 5.91 Å². The molecular weight excluding hydrogens is 464 g/mol. The second-order valence-electron chi connectivity index (χ2n) is 7.42. The molecule has 0 bridgehead atoms. The second kappa shape index (κ2) is 11.0. The highest BCUT2D eigenvalue weighted by Gasteiger charge is 2.18. The Labute approximate surface area is 197 Å². The monoisotopic (exact) mass is 492 g/mol. The van der Waals surface area contributed by atoms with Crippen molar-refractivity contribution in [2.75, 3.05) is 33.7 Å². The Balaban J connectivity index is 1.85. The van der Waals surface area contributed by atoms with E-state index in [4.69, 9.17) is 14.2 Å². The molecule has 0 spiro atoms. The molecule has 178 valence electrons. The van der Waals surface area contributed by atoms with Crippen molar-refractivity contribution in [3.8, 4) is 11.5 Å². The van der Waals surface area contributed by atoms with Crippen LogP contribution >= 0.6 is 11.3 Å². The predicted molar refractivity (Wildman–Crippen MR) is 128 cm³/mol. The van der Waals surface area contributed by atoms with Crippen molar-refractivity contribution in [1.29, 1.82) is 0 Å². The minimum Gasteiger partial charge on any atom is -0.495 e. The summed E-state index contributed by atoms with van der Waals surface area (Å²) in [6.07, 6.45) is 0.214. The molecule has 0 saturated heterocycles. The Hall–Kier alpha value is -2.69. The maximum absolute atomic E-state index is 12.6. The normalized spacial score (nSPS) is 12.3. The summed E-state index contributed by atoms with van der Waals surface area (Å²) in [5.41, 5.74) is 1.76. The van der Waals surface area contributed by atoms with Crippen LogP contribution in [0.4, 0.5) is 0 Å². The summed E-state index contributed by atoms with van der Waals surface area (Å²) >= 11 is 1.32. The number of fused-ring (bicyclic) bond motifs is 1. The van der Waals surface area contributed by atoms with Gasteiger partial charge >= 0.3 is 0 Å². The fourth-order valence-electron chi connectivity index (χ4n) is 3.37. The molecular formula is C23H28N2O6S2. The number of thiazole rings is 1. The maximum Gasteiger partial charge on any atom is 0.248 e. The third-order valence-corrected chi connectivity index (χ3v) is 8.02. The molecule has 0 aliphatic rings. The lowest BCUT2D eigenvalue weighted by atomic mass is 10.2. The molecule has 1 heterocycles. The Kier molecular flexibility index (Phi) is 8.28. The Bertz CT molecular complexity index is 1290. The first-order chi connectivity index (χ1) is 15.8. The first-order valence-corrected chi connectivity index (χ1v) is 12.9. The van der Waals surface area contributed by atoms with Gasteiger partial charge in [-0.15, -0.1) is 0 Å². The Morgan fingerprint density at radius 2 is 1.70 bits per heavy atom. The fraction of sp³-hybridized carbons (Fsp3) is 0.391. The van der Waals surface area contributed by atoms with Gasteiger partial charge in [-0.25, -0.2) is 8.42 Å². The van der Waals surface area contributed by atoms with Crippen LogP contribution in [0.2, 0.25) is 0 Å². The van der Waals surface area contributed by atoms with Gasteiger partial charge in [-0.1, -0.05) is 29.0 Å². The SMILES string of the molecule is COCCn1c(=NC(=O)CCCS(=O)(=O)c2ccc(C)cc2)sc2c(OC)ccc(OC)c21. The largest absolute Gasteiger partial charge is 0.495 e. The lowest BCUT2D eigenvalue weighted by molar-refractivity contribution is -0.118. The van der Waals surface area contributed by atoms with Crippen LogP contribution in [0.5, 0.6) is 11.5 Å². The lowest BCUT2D eigenvalue weighted by Crippen LogP contribution is -2.19. The number of amides is 1. The smallest absolute Gasteiger partial charge is 0.248 e. The first kappa shape index (κ1) is 24.9. The van der Waals surface area contributed by atoms with Gasteiger partial charge in [0.1, 0.15) is 21.7 Å². The maximum atomic E-state index is 12.6. The summed E-state index contributed by atoms with van der Waals surface area (Å²) in [6, 6.07) is 10.3. The van der Waals surface area contributed by atoms with E-state index in [1.54, 1.807) is 57.7 Å². The van der Waals surface area contributed by atoms with Crippen LogP contribution in [0.15, 0.2) is 46.3 Å². The van der Waals surface area contributed by atoms with E-state index in [1.165, 1.54) is 11.3 Å². The van der Waals surface area contributed by atoms with Crippen molar-refractivity contribution in [2.24, 2.45) is 4.99 Å². The highest BCUT2D eigenvalue weighted by atomic mass is 32.2. The number of hydrogen-bond donors (Lipinski definition) is 0. The van der Waals surface area contributed by atoms with Crippen LogP contribution < -0.4 is 14.3 Å². The second-order valence-corrected chi connectivity index (χ2v) is 10.5. The van der Waals surface area contributed by atoms with Crippen molar-refractivity contribution in [2.45, 2.75) is 31.2 Å².